The van der Waals surface area contributed by atoms with Crippen LogP contribution in [-0.4, -0.2) is 38.0 Å². The van der Waals surface area contributed by atoms with E-state index in [2.05, 4.69) is 20.3 Å². The minimum atomic E-state index is -0.788. The summed E-state index contributed by atoms with van der Waals surface area (Å²) in [6.45, 7) is 2.09. The van der Waals surface area contributed by atoms with Crippen molar-refractivity contribution in [2.45, 2.75) is 12.8 Å². The van der Waals surface area contributed by atoms with Gasteiger partial charge >= 0.3 is 17.8 Å². The van der Waals surface area contributed by atoms with Gasteiger partial charge in [0.25, 0.3) is 0 Å². The van der Waals surface area contributed by atoms with E-state index in [0.717, 1.165) is 18.8 Å². The second-order valence-corrected chi connectivity index (χ2v) is 6.22. The van der Waals surface area contributed by atoms with Crippen molar-refractivity contribution in [1.29, 1.82) is 0 Å². The molecule has 0 spiro atoms. The van der Waals surface area contributed by atoms with Gasteiger partial charge in [0.2, 0.25) is 0 Å². The van der Waals surface area contributed by atoms with E-state index in [-0.39, 0.29) is 0 Å². The molecule has 0 radical (unpaired) electrons. The number of rotatable bonds is 4. The molecule has 1 heterocycles. The van der Waals surface area contributed by atoms with E-state index in [0.29, 0.717) is 16.9 Å². The van der Waals surface area contributed by atoms with Gasteiger partial charge < -0.3 is 20.3 Å². The predicted octanol–water partition coefficient (Wildman–Crippen LogP) is 2.65. The van der Waals surface area contributed by atoms with Crippen LogP contribution in [-0.2, 0) is 14.3 Å². The Labute approximate surface area is 157 Å². The molecule has 2 amide bonds. The fourth-order valence-electron chi connectivity index (χ4n) is 2.91. The van der Waals surface area contributed by atoms with E-state index in [1.165, 1.54) is 44.2 Å². The summed E-state index contributed by atoms with van der Waals surface area (Å²) >= 11 is 0. The lowest BCUT2D eigenvalue weighted by molar-refractivity contribution is -0.132. The molecule has 2 N–H and O–H groups in total. The molecule has 0 saturated carbocycles. The molecule has 0 aliphatic carbocycles. The van der Waals surface area contributed by atoms with Gasteiger partial charge in [-0.3, -0.25) is 9.59 Å². The first-order valence-electron chi connectivity index (χ1n) is 8.72. The fraction of sp³-hybridized carbons (Fsp3) is 0.250. The second kappa shape index (κ2) is 8.35. The Kier molecular flexibility index (Phi) is 5.71. The highest BCUT2D eigenvalue weighted by molar-refractivity contribution is 6.43. The van der Waals surface area contributed by atoms with Gasteiger partial charge in [0.15, 0.2) is 0 Å². The second-order valence-electron chi connectivity index (χ2n) is 6.22. The molecule has 1 aliphatic heterocycles. The Hall–Kier alpha value is -3.35. The average molecular weight is 367 g/mol. The third-order valence-electron chi connectivity index (χ3n) is 4.37. The van der Waals surface area contributed by atoms with Crippen LogP contribution in [0.25, 0.3) is 0 Å². The molecule has 0 atom stereocenters. The van der Waals surface area contributed by atoms with E-state index in [1.54, 1.807) is 12.1 Å². The van der Waals surface area contributed by atoms with Crippen LogP contribution in [0.5, 0.6) is 0 Å². The number of nitrogens with one attached hydrogen (secondary N) is 2. The SMILES string of the molecule is COC(=O)c1ccc(NC(=O)C(=O)Nc2ccc(N3CCCC3)cc2)cc1. The van der Waals surface area contributed by atoms with Crippen LogP contribution in [0.15, 0.2) is 48.5 Å². The molecule has 7 heteroatoms. The Morgan fingerprint density at radius 1 is 0.815 bits per heavy atom. The number of benzene rings is 2. The summed E-state index contributed by atoms with van der Waals surface area (Å²) in [4.78, 5) is 37.8. The quantitative estimate of drug-likeness (QED) is 0.641. The van der Waals surface area contributed by atoms with Crippen LogP contribution in [0.2, 0.25) is 0 Å². The minimum Gasteiger partial charge on any atom is -0.465 e. The first kappa shape index (κ1) is 18.4. The van der Waals surface area contributed by atoms with Crippen molar-refractivity contribution in [1.82, 2.24) is 0 Å². The van der Waals surface area contributed by atoms with E-state index in [1.807, 2.05) is 12.1 Å². The summed E-state index contributed by atoms with van der Waals surface area (Å²) in [6.07, 6.45) is 2.39. The van der Waals surface area contributed by atoms with Gasteiger partial charge in [-0.1, -0.05) is 0 Å². The third-order valence-corrected chi connectivity index (χ3v) is 4.37. The summed E-state index contributed by atoms with van der Waals surface area (Å²) in [5.74, 6) is -2.02. The normalized spacial score (nSPS) is 13.1. The molecule has 0 bridgehead atoms. The van der Waals surface area contributed by atoms with Crippen molar-refractivity contribution < 1.29 is 19.1 Å². The van der Waals surface area contributed by atoms with Crippen LogP contribution in [0.3, 0.4) is 0 Å². The van der Waals surface area contributed by atoms with Gasteiger partial charge in [-0.05, 0) is 61.4 Å². The number of amides is 2. The van der Waals surface area contributed by atoms with Crippen molar-refractivity contribution in [2.24, 2.45) is 0 Å². The maximum Gasteiger partial charge on any atom is 0.337 e. The van der Waals surface area contributed by atoms with Gasteiger partial charge in [-0.15, -0.1) is 0 Å². The zero-order valence-electron chi connectivity index (χ0n) is 15.0. The average Bonchev–Trinajstić information content (AvgIpc) is 3.23. The standard InChI is InChI=1S/C20H21N3O4/c1-27-20(26)14-4-6-15(7-5-14)21-18(24)19(25)22-16-8-10-17(11-9-16)23-12-2-3-13-23/h4-11H,2-3,12-13H2,1H3,(H,21,24)(H,22,25). The Bertz CT molecular complexity index is 825. The maximum absolute atomic E-state index is 12.1. The summed E-state index contributed by atoms with van der Waals surface area (Å²) in [5.41, 5.74) is 2.44. The Morgan fingerprint density at radius 2 is 1.30 bits per heavy atom. The van der Waals surface area contributed by atoms with Crippen LogP contribution in [0.1, 0.15) is 23.2 Å². The fourth-order valence-corrected chi connectivity index (χ4v) is 2.91. The third kappa shape index (κ3) is 4.63. The number of methoxy groups -OCH3 is 1. The number of carbonyl (C=O) groups is 3. The molecule has 1 saturated heterocycles. The lowest BCUT2D eigenvalue weighted by Crippen LogP contribution is -2.29. The molecule has 1 fully saturated rings. The topological polar surface area (TPSA) is 87.7 Å². The van der Waals surface area contributed by atoms with E-state index < -0.39 is 17.8 Å². The van der Waals surface area contributed by atoms with Crippen molar-refractivity contribution in [3.8, 4) is 0 Å². The highest BCUT2D eigenvalue weighted by Gasteiger charge is 2.16. The molecule has 0 aromatic heterocycles. The highest BCUT2D eigenvalue weighted by atomic mass is 16.5. The molecule has 140 valence electrons. The van der Waals surface area contributed by atoms with E-state index in [4.69, 9.17) is 0 Å². The van der Waals surface area contributed by atoms with Gasteiger partial charge in [-0.2, -0.15) is 0 Å². The van der Waals surface area contributed by atoms with Crippen molar-refractivity contribution in [3.05, 3.63) is 54.1 Å². The molecule has 0 unspecified atom stereocenters. The zero-order chi connectivity index (χ0) is 19.2. The zero-order valence-corrected chi connectivity index (χ0v) is 15.0. The highest BCUT2D eigenvalue weighted by Crippen LogP contribution is 2.22. The maximum atomic E-state index is 12.1. The van der Waals surface area contributed by atoms with Crippen LogP contribution < -0.4 is 15.5 Å². The number of carbonyl (C=O) groups excluding carboxylic acids is 3. The summed E-state index contributed by atoms with van der Waals surface area (Å²) in [5, 5.41) is 5.07. The van der Waals surface area contributed by atoms with Gasteiger partial charge in [0.05, 0.1) is 12.7 Å². The number of nitrogens with zero attached hydrogens (tertiary/aromatic N) is 1. The molecule has 27 heavy (non-hydrogen) atoms. The first-order valence-corrected chi connectivity index (χ1v) is 8.72. The Balaban J connectivity index is 1.55. The molecular formula is C20H21N3O4. The van der Waals surface area contributed by atoms with Crippen LogP contribution >= 0.6 is 0 Å². The first-order chi connectivity index (χ1) is 13.1. The number of ether oxygens (including phenoxy) is 1. The molecule has 7 nitrogen and oxygen atoms in total. The van der Waals surface area contributed by atoms with E-state index >= 15 is 0 Å². The lowest BCUT2D eigenvalue weighted by Gasteiger charge is -2.17. The van der Waals surface area contributed by atoms with Crippen molar-refractivity contribution in [3.63, 3.8) is 0 Å². The molecule has 2 aromatic carbocycles. The summed E-state index contributed by atoms with van der Waals surface area (Å²) in [7, 11) is 1.29. The van der Waals surface area contributed by atoms with Gasteiger partial charge in [0.1, 0.15) is 0 Å². The monoisotopic (exact) mass is 367 g/mol. The summed E-state index contributed by atoms with van der Waals surface area (Å²) < 4.78 is 4.61. The van der Waals surface area contributed by atoms with E-state index in [9.17, 15) is 14.4 Å². The largest absolute Gasteiger partial charge is 0.465 e. The molecule has 2 aromatic rings. The van der Waals surface area contributed by atoms with Gasteiger partial charge in [-0.25, -0.2) is 4.79 Å². The van der Waals surface area contributed by atoms with Gasteiger partial charge in [0, 0.05) is 30.2 Å². The number of esters is 1. The molecule has 3 rings (SSSR count). The van der Waals surface area contributed by atoms with Crippen LogP contribution in [0, 0.1) is 0 Å². The van der Waals surface area contributed by atoms with Crippen LogP contribution in [0.4, 0.5) is 17.1 Å². The van der Waals surface area contributed by atoms with Crippen molar-refractivity contribution in [2.75, 3.05) is 35.7 Å². The van der Waals surface area contributed by atoms with Crippen molar-refractivity contribution >= 4 is 34.8 Å². The predicted molar refractivity (Wildman–Crippen MR) is 103 cm³/mol. The number of hydrogen-bond donors (Lipinski definition) is 2. The molecule has 1 aliphatic rings. The lowest BCUT2D eigenvalue weighted by atomic mass is 10.2. The Morgan fingerprint density at radius 3 is 1.78 bits per heavy atom. The molecular weight excluding hydrogens is 346 g/mol. The number of anilines is 3. The number of hydrogen-bond acceptors (Lipinski definition) is 5. The summed E-state index contributed by atoms with van der Waals surface area (Å²) in [6, 6.07) is 13.5. The smallest absolute Gasteiger partial charge is 0.337 e. The minimum absolute atomic E-state index is 0.359.